The third-order valence-corrected chi connectivity index (χ3v) is 4.64. The van der Waals surface area contributed by atoms with Crippen LogP contribution in [-0.2, 0) is 4.79 Å². The smallest absolute Gasteiger partial charge is 0.324 e. The van der Waals surface area contributed by atoms with E-state index in [1.165, 1.54) is 17.0 Å². The summed E-state index contributed by atoms with van der Waals surface area (Å²) in [6.07, 6.45) is 0.893. The largest absolute Gasteiger partial charge is 0.348 e. The van der Waals surface area contributed by atoms with Crippen molar-refractivity contribution in [3.05, 3.63) is 27.1 Å². The Morgan fingerprint density at radius 2 is 2.21 bits per heavy atom. The Bertz CT molecular complexity index is 652. The van der Waals surface area contributed by atoms with Crippen molar-refractivity contribution < 1.29 is 23.3 Å². The van der Waals surface area contributed by atoms with E-state index in [4.69, 9.17) is 5.73 Å². The number of nitrogens with one attached hydrogen (secondary N) is 1. The molecule has 1 fully saturated rings. The van der Waals surface area contributed by atoms with Crippen LogP contribution < -0.4 is 11.1 Å². The van der Waals surface area contributed by atoms with Gasteiger partial charge in [0.15, 0.2) is 0 Å². The van der Waals surface area contributed by atoms with Gasteiger partial charge >= 0.3 is 5.00 Å². The molecule has 11 heteroatoms. The number of halogens is 2. The predicted octanol–water partition coefficient (Wildman–Crippen LogP) is 0.971. The van der Waals surface area contributed by atoms with Gasteiger partial charge in [-0.2, -0.15) is 0 Å². The zero-order valence-corrected chi connectivity index (χ0v) is 13.4. The Balaban J connectivity index is 2.04. The molecule has 1 aliphatic rings. The lowest BCUT2D eigenvalue weighted by molar-refractivity contribution is -0.380. The number of nitrogens with two attached hydrogens (primary N) is 1. The number of rotatable bonds is 6. The zero-order valence-electron chi connectivity index (χ0n) is 12.5. The molecule has 0 radical (unpaired) electrons. The van der Waals surface area contributed by atoms with Crippen LogP contribution in [0.15, 0.2) is 12.1 Å². The van der Waals surface area contributed by atoms with E-state index >= 15 is 0 Å². The van der Waals surface area contributed by atoms with Crippen molar-refractivity contribution in [2.24, 2.45) is 5.73 Å². The third-order valence-electron chi connectivity index (χ3n) is 3.62. The molecular weight excluding hydrogens is 346 g/mol. The van der Waals surface area contributed by atoms with Gasteiger partial charge in [-0.15, -0.1) is 0 Å². The number of nitrogens with zero attached hydrogens (tertiary/aromatic N) is 2. The molecule has 3 N–H and O–H groups in total. The van der Waals surface area contributed by atoms with Crippen LogP contribution in [0.4, 0.5) is 13.8 Å². The lowest BCUT2D eigenvalue weighted by Crippen LogP contribution is -2.49. The Morgan fingerprint density at radius 1 is 1.50 bits per heavy atom. The quantitative estimate of drug-likeness (QED) is 0.577. The summed E-state index contributed by atoms with van der Waals surface area (Å²) in [4.78, 5) is 36.0. The van der Waals surface area contributed by atoms with Gasteiger partial charge in [-0.1, -0.05) is 11.3 Å². The molecule has 132 valence electrons. The Morgan fingerprint density at radius 3 is 2.79 bits per heavy atom. The molecule has 2 rings (SSSR count). The lowest BCUT2D eigenvalue weighted by atomic mass is 10.2. The normalized spacial score (nSPS) is 17.8. The number of nitro groups is 1. The molecule has 0 saturated carbocycles. The highest BCUT2D eigenvalue weighted by molar-refractivity contribution is 7.17. The molecule has 2 heterocycles. The molecule has 0 aromatic carbocycles. The fourth-order valence-electron chi connectivity index (χ4n) is 2.37. The third kappa shape index (κ3) is 4.03. The van der Waals surface area contributed by atoms with Crippen LogP contribution in [0.3, 0.4) is 0 Å². The van der Waals surface area contributed by atoms with Gasteiger partial charge < -0.3 is 16.0 Å². The Hall–Kier alpha value is -2.14. The Labute approximate surface area is 139 Å². The van der Waals surface area contributed by atoms with E-state index in [1.54, 1.807) is 0 Å². The number of hydrogen-bond acceptors (Lipinski definition) is 6. The molecule has 8 nitrogen and oxygen atoms in total. The van der Waals surface area contributed by atoms with Gasteiger partial charge in [-0.3, -0.25) is 19.7 Å². The van der Waals surface area contributed by atoms with Crippen molar-refractivity contribution in [3.63, 3.8) is 0 Å². The van der Waals surface area contributed by atoms with Crippen molar-refractivity contribution in [2.75, 3.05) is 19.6 Å². The maximum Gasteiger partial charge on any atom is 0.324 e. The fourth-order valence-corrected chi connectivity index (χ4v) is 3.15. The summed E-state index contributed by atoms with van der Waals surface area (Å²) in [7, 11) is 0. The first kappa shape index (κ1) is 18.2. The molecule has 0 bridgehead atoms. The number of thiophene rings is 1. The number of amides is 2. The highest BCUT2D eigenvalue weighted by atomic mass is 32.1. The molecule has 1 aliphatic heterocycles. The van der Waals surface area contributed by atoms with Crippen LogP contribution in [0.2, 0.25) is 0 Å². The average molecular weight is 362 g/mol. The summed E-state index contributed by atoms with van der Waals surface area (Å²) in [6, 6.07) is 1.67. The van der Waals surface area contributed by atoms with Gasteiger partial charge in [0.05, 0.1) is 22.9 Å². The van der Waals surface area contributed by atoms with Crippen molar-refractivity contribution in [3.8, 4) is 0 Å². The van der Waals surface area contributed by atoms with Crippen LogP contribution in [0.25, 0.3) is 0 Å². The topological polar surface area (TPSA) is 119 Å². The van der Waals surface area contributed by atoms with E-state index < -0.39 is 41.8 Å². The van der Waals surface area contributed by atoms with Crippen molar-refractivity contribution in [1.29, 1.82) is 0 Å². The molecule has 0 spiro atoms. The molecule has 1 unspecified atom stereocenters. The first-order chi connectivity index (χ1) is 11.2. The maximum absolute atomic E-state index is 13.1. The lowest BCUT2D eigenvalue weighted by Gasteiger charge is -2.24. The molecular formula is C13H16F2N4O4S. The molecule has 1 atom stereocenters. The summed E-state index contributed by atoms with van der Waals surface area (Å²) < 4.78 is 26.2. The first-order valence-corrected chi connectivity index (χ1v) is 7.97. The molecule has 1 aromatic rings. The number of carbonyl (C=O) groups is 2. The van der Waals surface area contributed by atoms with Gasteiger partial charge in [-0.05, 0) is 18.9 Å². The molecule has 0 aliphatic carbocycles. The van der Waals surface area contributed by atoms with Crippen LogP contribution in [0.1, 0.15) is 22.5 Å². The molecule has 24 heavy (non-hydrogen) atoms. The maximum atomic E-state index is 13.1. The van der Waals surface area contributed by atoms with E-state index in [9.17, 15) is 28.5 Å². The molecule has 1 saturated heterocycles. The summed E-state index contributed by atoms with van der Waals surface area (Å²) in [5.41, 5.74) is 4.90. The minimum atomic E-state index is -3.21. The van der Waals surface area contributed by atoms with E-state index in [-0.39, 0.29) is 16.4 Å². The number of alkyl halides is 2. The second-order valence-corrected chi connectivity index (χ2v) is 6.39. The van der Waals surface area contributed by atoms with Gasteiger partial charge in [0.1, 0.15) is 6.04 Å². The SMILES string of the molecule is NCC(F)(F)CNC(=O)C1CCCN1C(=O)c1ccc([N+](=O)[O-])s1. The summed E-state index contributed by atoms with van der Waals surface area (Å²) in [5.74, 6) is -4.41. The second-order valence-electron chi connectivity index (χ2n) is 5.33. The number of likely N-dealkylation sites (tertiary alicyclic amines) is 1. The minimum absolute atomic E-state index is 0.133. The summed E-state index contributed by atoms with van der Waals surface area (Å²) >= 11 is 0.712. The van der Waals surface area contributed by atoms with Gasteiger partial charge in [0.25, 0.3) is 11.8 Å². The van der Waals surface area contributed by atoms with Gasteiger partial charge in [0, 0.05) is 12.6 Å². The zero-order chi connectivity index (χ0) is 17.9. The van der Waals surface area contributed by atoms with Crippen LogP contribution in [0.5, 0.6) is 0 Å². The minimum Gasteiger partial charge on any atom is -0.348 e. The van der Waals surface area contributed by atoms with Crippen molar-refractivity contribution in [1.82, 2.24) is 10.2 Å². The van der Waals surface area contributed by atoms with Crippen molar-refractivity contribution >= 4 is 28.2 Å². The summed E-state index contributed by atoms with van der Waals surface area (Å²) in [5, 5.41) is 12.6. The molecule has 2 amide bonds. The Kier molecular flexibility index (Phi) is 5.44. The monoisotopic (exact) mass is 362 g/mol. The summed E-state index contributed by atoms with van der Waals surface area (Å²) in [6.45, 7) is -1.50. The number of carbonyl (C=O) groups excluding carboxylic acids is 2. The van der Waals surface area contributed by atoms with Gasteiger partial charge in [0.2, 0.25) is 5.91 Å². The van der Waals surface area contributed by atoms with E-state index in [0.717, 1.165) is 0 Å². The second kappa shape index (κ2) is 7.18. The van der Waals surface area contributed by atoms with E-state index in [0.29, 0.717) is 24.2 Å². The average Bonchev–Trinajstić information content (AvgIpc) is 3.21. The predicted molar refractivity (Wildman–Crippen MR) is 82.0 cm³/mol. The first-order valence-electron chi connectivity index (χ1n) is 7.16. The van der Waals surface area contributed by atoms with E-state index in [2.05, 4.69) is 5.32 Å². The number of hydrogen-bond donors (Lipinski definition) is 2. The van der Waals surface area contributed by atoms with Gasteiger partial charge in [-0.25, -0.2) is 8.78 Å². The van der Waals surface area contributed by atoms with Crippen molar-refractivity contribution in [2.45, 2.75) is 24.8 Å². The van der Waals surface area contributed by atoms with Crippen LogP contribution in [0, 0.1) is 10.1 Å². The van der Waals surface area contributed by atoms with Crippen LogP contribution in [-0.4, -0.2) is 53.2 Å². The fraction of sp³-hybridized carbons (Fsp3) is 0.538. The highest BCUT2D eigenvalue weighted by Gasteiger charge is 2.37. The van der Waals surface area contributed by atoms with E-state index in [1.807, 2.05) is 0 Å². The molecule has 1 aromatic heterocycles. The van der Waals surface area contributed by atoms with Crippen LogP contribution >= 0.6 is 11.3 Å². The standard InChI is InChI=1S/C13H16F2N4O4S/c14-13(15,6-16)7-17-11(20)8-2-1-5-18(8)12(21)9-3-4-10(24-9)19(22)23/h3-4,8H,1-2,5-7,16H2,(H,17,20). The highest BCUT2D eigenvalue weighted by Crippen LogP contribution is 2.28.